The van der Waals surface area contributed by atoms with Gasteiger partial charge in [-0.3, -0.25) is 4.79 Å². The third-order valence-corrected chi connectivity index (χ3v) is 3.80. The molecule has 1 aromatic rings. The molecule has 1 aliphatic carbocycles. The van der Waals surface area contributed by atoms with E-state index >= 15 is 0 Å². The molecular weight excluding hydrogens is 200 g/mol. The Kier molecular flexibility index (Phi) is 2.43. The van der Waals surface area contributed by atoms with E-state index in [-0.39, 0.29) is 0 Å². The molecule has 2 atom stereocenters. The number of rotatable bonds is 2. The summed E-state index contributed by atoms with van der Waals surface area (Å²) in [6.07, 6.45) is 3.94. The molecule has 1 fully saturated rings. The van der Waals surface area contributed by atoms with E-state index in [4.69, 9.17) is 4.74 Å². The van der Waals surface area contributed by atoms with Crippen LogP contribution < -0.4 is 4.74 Å². The van der Waals surface area contributed by atoms with Crippen molar-refractivity contribution in [3.05, 3.63) is 29.8 Å². The smallest absolute Gasteiger partial charge is 0.136 e. The summed E-state index contributed by atoms with van der Waals surface area (Å²) in [6, 6.07) is 8.21. The highest BCUT2D eigenvalue weighted by atomic mass is 16.5. The molecule has 0 spiro atoms. The fourth-order valence-corrected chi connectivity index (χ4v) is 2.90. The summed E-state index contributed by atoms with van der Waals surface area (Å²) >= 11 is 0. The molecule has 0 radical (unpaired) electrons. The highest BCUT2D eigenvalue weighted by Gasteiger charge is 2.31. The zero-order chi connectivity index (χ0) is 11.0. The third kappa shape index (κ3) is 1.62. The molecule has 2 heteroatoms. The molecule has 1 saturated carbocycles. The van der Waals surface area contributed by atoms with Crippen LogP contribution in [-0.4, -0.2) is 12.4 Å². The van der Waals surface area contributed by atoms with Crippen LogP contribution in [0.15, 0.2) is 24.3 Å². The van der Waals surface area contributed by atoms with E-state index in [0.717, 1.165) is 38.0 Å². The number of carbonyl (C=O) groups excluding carboxylic acids is 1. The second-order valence-electron chi connectivity index (χ2n) is 4.84. The molecule has 0 N–H and O–H groups in total. The molecule has 0 aromatic heterocycles. The molecule has 0 saturated heterocycles. The SMILES string of the molecule is O=C1CCCC1CC1COc2ccccc21. The monoisotopic (exact) mass is 216 g/mol. The van der Waals surface area contributed by atoms with Crippen molar-refractivity contribution in [2.75, 3.05) is 6.61 Å². The van der Waals surface area contributed by atoms with Crippen molar-refractivity contribution in [1.29, 1.82) is 0 Å². The lowest BCUT2D eigenvalue weighted by Crippen LogP contribution is -2.12. The van der Waals surface area contributed by atoms with E-state index in [1.54, 1.807) is 0 Å². The van der Waals surface area contributed by atoms with Gasteiger partial charge in [0.15, 0.2) is 0 Å². The van der Waals surface area contributed by atoms with Crippen LogP contribution in [0.25, 0.3) is 0 Å². The number of hydrogen-bond acceptors (Lipinski definition) is 2. The Balaban J connectivity index is 1.75. The van der Waals surface area contributed by atoms with Gasteiger partial charge in [0.05, 0.1) is 6.61 Å². The lowest BCUT2D eigenvalue weighted by Gasteiger charge is -2.13. The Labute approximate surface area is 95.6 Å². The molecular formula is C14H16O2. The van der Waals surface area contributed by atoms with Crippen molar-refractivity contribution in [1.82, 2.24) is 0 Å². The summed E-state index contributed by atoms with van der Waals surface area (Å²) in [7, 11) is 0. The number of para-hydroxylation sites is 1. The van der Waals surface area contributed by atoms with Crippen molar-refractivity contribution in [2.24, 2.45) is 5.92 Å². The first-order chi connectivity index (χ1) is 7.84. The predicted molar refractivity (Wildman–Crippen MR) is 61.6 cm³/mol. The van der Waals surface area contributed by atoms with Crippen molar-refractivity contribution < 1.29 is 9.53 Å². The maximum Gasteiger partial charge on any atom is 0.136 e. The van der Waals surface area contributed by atoms with Crippen LogP contribution in [0, 0.1) is 5.92 Å². The van der Waals surface area contributed by atoms with Gasteiger partial charge < -0.3 is 4.74 Å². The van der Waals surface area contributed by atoms with Crippen LogP contribution in [-0.2, 0) is 4.79 Å². The third-order valence-electron chi connectivity index (χ3n) is 3.80. The number of Topliss-reactive ketones (excluding diaryl/α,β-unsaturated/α-hetero) is 1. The van der Waals surface area contributed by atoms with Crippen LogP contribution in [0.1, 0.15) is 37.2 Å². The second kappa shape index (κ2) is 3.93. The largest absolute Gasteiger partial charge is 0.493 e. The average Bonchev–Trinajstić information content (AvgIpc) is 2.88. The lowest BCUT2D eigenvalue weighted by molar-refractivity contribution is -0.120. The maximum atomic E-state index is 11.6. The van der Waals surface area contributed by atoms with Crippen LogP contribution in [0.4, 0.5) is 0 Å². The molecule has 84 valence electrons. The molecule has 1 heterocycles. The molecule has 2 aliphatic rings. The Morgan fingerprint density at radius 2 is 2.12 bits per heavy atom. The maximum absolute atomic E-state index is 11.6. The summed E-state index contributed by atoms with van der Waals surface area (Å²) in [4.78, 5) is 11.6. The number of ketones is 1. The van der Waals surface area contributed by atoms with Gasteiger partial charge in [0, 0.05) is 23.8 Å². The first-order valence-electron chi connectivity index (χ1n) is 6.09. The topological polar surface area (TPSA) is 26.3 Å². The zero-order valence-electron chi connectivity index (χ0n) is 9.32. The summed E-state index contributed by atoms with van der Waals surface area (Å²) in [5.41, 5.74) is 1.29. The molecule has 2 unspecified atom stereocenters. The highest BCUT2D eigenvalue weighted by Crippen LogP contribution is 2.39. The van der Waals surface area contributed by atoms with Gasteiger partial charge in [-0.15, -0.1) is 0 Å². The standard InChI is InChI=1S/C14H16O2/c15-13-6-3-4-10(13)8-11-9-16-14-7-2-1-5-12(11)14/h1-2,5,7,10-11H,3-4,6,8-9H2. The quantitative estimate of drug-likeness (QED) is 0.759. The van der Waals surface area contributed by atoms with Crippen molar-refractivity contribution >= 4 is 5.78 Å². The molecule has 0 amide bonds. The van der Waals surface area contributed by atoms with Gasteiger partial charge in [-0.05, 0) is 25.3 Å². The Bertz CT molecular complexity index is 411. The van der Waals surface area contributed by atoms with Crippen molar-refractivity contribution in [3.63, 3.8) is 0 Å². The normalized spacial score (nSPS) is 27.9. The van der Waals surface area contributed by atoms with E-state index in [1.165, 1.54) is 5.56 Å². The highest BCUT2D eigenvalue weighted by molar-refractivity contribution is 5.82. The zero-order valence-corrected chi connectivity index (χ0v) is 9.32. The van der Waals surface area contributed by atoms with Gasteiger partial charge in [-0.25, -0.2) is 0 Å². The van der Waals surface area contributed by atoms with Gasteiger partial charge in [0.1, 0.15) is 11.5 Å². The number of benzene rings is 1. The number of fused-ring (bicyclic) bond motifs is 1. The summed E-state index contributed by atoms with van der Waals surface area (Å²) in [5.74, 6) is 2.20. The van der Waals surface area contributed by atoms with E-state index in [2.05, 4.69) is 12.1 Å². The fourth-order valence-electron chi connectivity index (χ4n) is 2.90. The minimum atomic E-state index is 0.291. The Morgan fingerprint density at radius 3 is 2.94 bits per heavy atom. The molecule has 1 aliphatic heterocycles. The predicted octanol–water partition coefficient (Wildman–Crippen LogP) is 2.92. The second-order valence-corrected chi connectivity index (χ2v) is 4.84. The molecule has 0 bridgehead atoms. The average molecular weight is 216 g/mol. The van der Waals surface area contributed by atoms with Gasteiger partial charge in [0.25, 0.3) is 0 Å². The fraction of sp³-hybridized carbons (Fsp3) is 0.500. The molecule has 3 rings (SSSR count). The molecule has 16 heavy (non-hydrogen) atoms. The van der Waals surface area contributed by atoms with Crippen molar-refractivity contribution in [3.8, 4) is 5.75 Å². The number of hydrogen-bond donors (Lipinski definition) is 0. The summed E-state index contributed by atoms with van der Waals surface area (Å²) < 4.78 is 5.65. The number of ether oxygens (including phenoxy) is 1. The first kappa shape index (κ1) is 9.88. The van der Waals surface area contributed by atoms with Gasteiger partial charge >= 0.3 is 0 Å². The van der Waals surface area contributed by atoms with Crippen LogP contribution in [0.3, 0.4) is 0 Å². The minimum Gasteiger partial charge on any atom is -0.493 e. The van der Waals surface area contributed by atoms with Crippen molar-refractivity contribution in [2.45, 2.75) is 31.6 Å². The van der Waals surface area contributed by atoms with Gasteiger partial charge in [-0.2, -0.15) is 0 Å². The lowest BCUT2D eigenvalue weighted by atomic mass is 9.89. The summed E-state index contributed by atoms with van der Waals surface area (Å²) in [6.45, 7) is 0.753. The van der Waals surface area contributed by atoms with E-state index in [9.17, 15) is 4.79 Å². The van der Waals surface area contributed by atoms with E-state index in [1.807, 2.05) is 12.1 Å². The van der Waals surface area contributed by atoms with E-state index < -0.39 is 0 Å². The first-order valence-corrected chi connectivity index (χ1v) is 6.09. The Morgan fingerprint density at radius 1 is 1.25 bits per heavy atom. The van der Waals surface area contributed by atoms with E-state index in [0.29, 0.717) is 17.6 Å². The van der Waals surface area contributed by atoms with Gasteiger partial charge in [-0.1, -0.05) is 18.2 Å². The summed E-state index contributed by atoms with van der Waals surface area (Å²) in [5, 5.41) is 0. The molecule has 2 nitrogen and oxygen atoms in total. The van der Waals surface area contributed by atoms with Crippen LogP contribution >= 0.6 is 0 Å². The Hall–Kier alpha value is -1.31. The molecule has 1 aromatic carbocycles. The van der Waals surface area contributed by atoms with Crippen LogP contribution in [0.5, 0.6) is 5.75 Å². The van der Waals surface area contributed by atoms with Crippen LogP contribution in [0.2, 0.25) is 0 Å². The number of carbonyl (C=O) groups is 1. The van der Waals surface area contributed by atoms with Gasteiger partial charge in [0.2, 0.25) is 0 Å². The minimum absolute atomic E-state index is 0.291.